The zero-order valence-electron chi connectivity index (χ0n) is 18.6. The largest absolute Gasteiger partial charge is 0.457 e. The Morgan fingerprint density at radius 2 is 1.69 bits per heavy atom. The number of carbonyl (C=O) groups is 1. The number of H-pyrrole nitrogens is 1. The van der Waals surface area contributed by atoms with Gasteiger partial charge in [0.05, 0.1) is 5.39 Å². The quantitative estimate of drug-likeness (QED) is 0.311. The van der Waals surface area contributed by atoms with Crippen LogP contribution in [0.4, 0.5) is 11.5 Å². The molecular formula is C27H21N5O3. The minimum atomic E-state index is -0.367. The number of aromatic nitrogens is 3. The molecule has 0 radical (unpaired) electrons. The number of fused-ring (bicyclic) bond motifs is 1. The van der Waals surface area contributed by atoms with Gasteiger partial charge in [0.15, 0.2) is 5.82 Å². The smallest absolute Gasteiger partial charge is 0.289 e. The topological polar surface area (TPSA) is 115 Å². The van der Waals surface area contributed by atoms with Crippen molar-refractivity contribution in [1.29, 1.82) is 0 Å². The lowest BCUT2D eigenvalue weighted by Crippen LogP contribution is -2.13. The second kappa shape index (κ2) is 9.03. The molecule has 0 aliphatic carbocycles. The molecule has 3 aromatic carbocycles. The van der Waals surface area contributed by atoms with Gasteiger partial charge in [0, 0.05) is 23.1 Å². The van der Waals surface area contributed by atoms with Crippen LogP contribution in [0.15, 0.2) is 103 Å². The lowest BCUT2D eigenvalue weighted by molar-refractivity contribution is -0.111. The van der Waals surface area contributed by atoms with Crippen LogP contribution in [0.2, 0.25) is 0 Å². The van der Waals surface area contributed by atoms with Crippen LogP contribution in [-0.2, 0) is 4.79 Å². The molecule has 0 atom stereocenters. The van der Waals surface area contributed by atoms with Crippen molar-refractivity contribution in [3.63, 3.8) is 0 Å². The SMILES string of the molecule is C=CC(=O)Nc1ccc(-n2cc(-c3ccc(Oc4ccccc4)cc3)c3c(N)n[nH]c(=O)c32)cc1. The van der Waals surface area contributed by atoms with Crippen LogP contribution in [0, 0.1) is 0 Å². The van der Waals surface area contributed by atoms with Gasteiger partial charge in [0.1, 0.15) is 17.0 Å². The van der Waals surface area contributed by atoms with Gasteiger partial charge in [-0.3, -0.25) is 9.59 Å². The lowest BCUT2D eigenvalue weighted by Gasteiger charge is -2.07. The first kappa shape index (κ1) is 21.7. The van der Waals surface area contributed by atoms with Gasteiger partial charge in [-0.1, -0.05) is 36.9 Å². The number of nitrogens with zero attached hydrogens (tertiary/aromatic N) is 2. The summed E-state index contributed by atoms with van der Waals surface area (Å²) in [6.07, 6.45) is 3.05. The molecule has 8 nitrogen and oxygen atoms in total. The molecule has 1 amide bonds. The number of benzene rings is 3. The molecule has 2 aromatic heterocycles. The summed E-state index contributed by atoms with van der Waals surface area (Å²) < 4.78 is 7.65. The lowest BCUT2D eigenvalue weighted by atomic mass is 10.1. The summed E-state index contributed by atoms with van der Waals surface area (Å²) in [4.78, 5) is 24.4. The van der Waals surface area contributed by atoms with E-state index in [1.165, 1.54) is 6.08 Å². The van der Waals surface area contributed by atoms with Crippen LogP contribution in [-0.4, -0.2) is 20.7 Å². The maximum atomic E-state index is 12.8. The minimum Gasteiger partial charge on any atom is -0.457 e. The first-order valence-electron chi connectivity index (χ1n) is 10.8. The number of amides is 1. The number of ether oxygens (including phenoxy) is 1. The Kier molecular flexibility index (Phi) is 5.60. The fourth-order valence-corrected chi connectivity index (χ4v) is 3.86. The van der Waals surface area contributed by atoms with Crippen molar-refractivity contribution in [1.82, 2.24) is 14.8 Å². The third-order valence-corrected chi connectivity index (χ3v) is 5.50. The number of carbonyl (C=O) groups excluding carboxylic acids is 1. The van der Waals surface area contributed by atoms with Crippen LogP contribution in [0.25, 0.3) is 27.7 Å². The molecule has 4 N–H and O–H groups in total. The molecule has 0 spiro atoms. The monoisotopic (exact) mass is 463 g/mol. The second-order valence-corrected chi connectivity index (χ2v) is 7.75. The van der Waals surface area contributed by atoms with Crippen molar-refractivity contribution < 1.29 is 9.53 Å². The van der Waals surface area contributed by atoms with Crippen LogP contribution in [0.3, 0.4) is 0 Å². The number of aromatic amines is 1. The summed E-state index contributed by atoms with van der Waals surface area (Å²) in [5.41, 5.74) is 9.15. The molecule has 0 saturated heterocycles. The van der Waals surface area contributed by atoms with Gasteiger partial charge in [0.25, 0.3) is 5.56 Å². The molecule has 172 valence electrons. The van der Waals surface area contributed by atoms with Crippen LogP contribution >= 0.6 is 0 Å². The Bertz CT molecular complexity index is 1590. The zero-order valence-corrected chi connectivity index (χ0v) is 18.6. The Hall–Kier alpha value is -5.11. The summed E-state index contributed by atoms with van der Waals surface area (Å²) in [7, 11) is 0. The highest BCUT2D eigenvalue weighted by molar-refractivity contribution is 6.03. The molecule has 0 aliphatic heterocycles. The van der Waals surface area contributed by atoms with Gasteiger partial charge >= 0.3 is 0 Å². The van der Waals surface area contributed by atoms with E-state index in [9.17, 15) is 9.59 Å². The fraction of sp³-hybridized carbons (Fsp3) is 0. The van der Waals surface area contributed by atoms with E-state index in [1.54, 1.807) is 28.8 Å². The number of hydrogen-bond acceptors (Lipinski definition) is 5. The zero-order chi connectivity index (χ0) is 24.4. The number of anilines is 2. The summed E-state index contributed by atoms with van der Waals surface area (Å²) in [6.45, 7) is 3.45. The normalized spacial score (nSPS) is 10.7. The molecular weight excluding hydrogens is 442 g/mol. The summed E-state index contributed by atoms with van der Waals surface area (Å²) >= 11 is 0. The van der Waals surface area contributed by atoms with Gasteiger partial charge in [-0.15, -0.1) is 0 Å². The summed E-state index contributed by atoms with van der Waals surface area (Å²) in [5, 5.41) is 9.69. The van der Waals surface area contributed by atoms with Crippen molar-refractivity contribution in [2.45, 2.75) is 0 Å². The Balaban J connectivity index is 1.56. The molecule has 5 rings (SSSR count). The molecule has 0 unspecified atom stereocenters. The minimum absolute atomic E-state index is 0.216. The van der Waals surface area contributed by atoms with Gasteiger partial charge in [0.2, 0.25) is 5.91 Å². The first-order chi connectivity index (χ1) is 17.0. The molecule has 35 heavy (non-hydrogen) atoms. The number of para-hydroxylation sites is 1. The number of rotatable bonds is 6. The van der Waals surface area contributed by atoms with Gasteiger partial charge in [-0.2, -0.15) is 5.10 Å². The Morgan fingerprint density at radius 3 is 2.37 bits per heavy atom. The van der Waals surface area contributed by atoms with E-state index in [1.807, 2.05) is 60.8 Å². The van der Waals surface area contributed by atoms with E-state index in [-0.39, 0.29) is 17.3 Å². The second-order valence-electron chi connectivity index (χ2n) is 7.75. The van der Waals surface area contributed by atoms with Gasteiger partial charge < -0.3 is 20.4 Å². The average Bonchev–Trinajstić information content (AvgIpc) is 3.30. The molecule has 0 fully saturated rings. The molecule has 0 aliphatic rings. The summed E-state index contributed by atoms with van der Waals surface area (Å²) in [6, 6.07) is 24.1. The van der Waals surface area contributed by atoms with Crippen LogP contribution in [0.5, 0.6) is 11.5 Å². The first-order valence-corrected chi connectivity index (χ1v) is 10.8. The molecule has 2 heterocycles. The average molecular weight is 463 g/mol. The third-order valence-electron chi connectivity index (χ3n) is 5.50. The fourth-order valence-electron chi connectivity index (χ4n) is 3.86. The van der Waals surface area contributed by atoms with Crippen molar-refractivity contribution in [3.05, 3.63) is 108 Å². The Labute approximate surface area is 200 Å². The third kappa shape index (κ3) is 4.28. The molecule has 0 saturated carbocycles. The van der Waals surface area contributed by atoms with Crippen molar-refractivity contribution in [2.75, 3.05) is 11.1 Å². The van der Waals surface area contributed by atoms with Crippen LogP contribution in [0.1, 0.15) is 0 Å². The number of hydrogen-bond donors (Lipinski definition) is 3. The van der Waals surface area contributed by atoms with Gasteiger partial charge in [-0.25, -0.2) is 5.10 Å². The van der Waals surface area contributed by atoms with Crippen molar-refractivity contribution in [3.8, 4) is 28.3 Å². The van der Waals surface area contributed by atoms with E-state index in [4.69, 9.17) is 10.5 Å². The molecule has 0 bridgehead atoms. The van der Waals surface area contributed by atoms with Crippen molar-refractivity contribution >= 4 is 28.3 Å². The van der Waals surface area contributed by atoms with Crippen LogP contribution < -0.4 is 21.3 Å². The highest BCUT2D eigenvalue weighted by Crippen LogP contribution is 2.35. The van der Waals surface area contributed by atoms with E-state index in [0.29, 0.717) is 22.3 Å². The predicted molar refractivity (Wildman–Crippen MR) is 137 cm³/mol. The number of nitrogens with one attached hydrogen (secondary N) is 2. The highest BCUT2D eigenvalue weighted by atomic mass is 16.5. The number of nitrogen functional groups attached to an aromatic ring is 1. The van der Waals surface area contributed by atoms with E-state index >= 15 is 0 Å². The molecule has 5 aromatic rings. The van der Waals surface area contributed by atoms with Gasteiger partial charge in [-0.05, 0) is 60.2 Å². The predicted octanol–water partition coefficient (Wildman–Crippen LogP) is 4.88. The maximum absolute atomic E-state index is 12.8. The van der Waals surface area contributed by atoms with E-state index in [0.717, 1.165) is 22.6 Å². The highest BCUT2D eigenvalue weighted by Gasteiger charge is 2.18. The number of nitrogens with two attached hydrogens (primary N) is 1. The van der Waals surface area contributed by atoms with E-state index in [2.05, 4.69) is 22.1 Å². The summed E-state index contributed by atoms with van der Waals surface area (Å²) in [5.74, 6) is 1.34. The van der Waals surface area contributed by atoms with E-state index < -0.39 is 0 Å². The molecule has 8 heteroatoms. The maximum Gasteiger partial charge on any atom is 0.289 e. The van der Waals surface area contributed by atoms with Crippen molar-refractivity contribution in [2.24, 2.45) is 0 Å². The Morgan fingerprint density at radius 1 is 1.00 bits per heavy atom. The standard InChI is InChI=1S/C27H21N5O3/c1-2-23(33)29-18-10-12-19(13-11-18)32-16-22(24-25(32)27(34)31-30-26(24)28)17-8-14-21(15-9-17)35-20-6-4-3-5-7-20/h2-16H,1H2,(H2,28,30)(H,29,33)(H,31,34).